The summed E-state index contributed by atoms with van der Waals surface area (Å²) in [6, 6.07) is 12.2. The van der Waals surface area contributed by atoms with Crippen molar-refractivity contribution in [2.24, 2.45) is 24.6 Å². The van der Waals surface area contributed by atoms with Gasteiger partial charge in [-0.1, -0.05) is 32.0 Å². The molecule has 1 aliphatic rings. The molecule has 202 valence electrons. The Morgan fingerprint density at radius 2 is 1.87 bits per heavy atom. The lowest BCUT2D eigenvalue weighted by Gasteiger charge is -2.27. The lowest BCUT2D eigenvalue weighted by molar-refractivity contribution is -0.126. The van der Waals surface area contributed by atoms with Gasteiger partial charge in [0, 0.05) is 30.5 Å². The van der Waals surface area contributed by atoms with E-state index in [-0.39, 0.29) is 29.6 Å². The number of amides is 3. The summed E-state index contributed by atoms with van der Waals surface area (Å²) in [4.78, 5) is 38.4. The lowest BCUT2D eigenvalue weighted by Crippen LogP contribution is -2.54. The molecular weight excluding hydrogens is 500 g/mol. The van der Waals surface area contributed by atoms with E-state index in [4.69, 9.17) is 5.73 Å². The molecule has 0 bridgehead atoms. The second kappa shape index (κ2) is 12.0. The summed E-state index contributed by atoms with van der Waals surface area (Å²) in [6.07, 6.45) is 3.38. The average molecular weight is 537 g/mol. The van der Waals surface area contributed by atoms with E-state index in [1.165, 1.54) is 0 Å². The molecule has 4 atom stereocenters. The number of nitrogens with one attached hydrogen (secondary N) is 3. The van der Waals surface area contributed by atoms with Gasteiger partial charge in [0.1, 0.15) is 6.04 Å². The molecule has 38 heavy (non-hydrogen) atoms. The minimum Gasteiger partial charge on any atom is -0.356 e. The Balaban J connectivity index is 1.43. The van der Waals surface area contributed by atoms with Crippen molar-refractivity contribution in [1.29, 1.82) is 0 Å². The Kier molecular flexibility index (Phi) is 8.73. The maximum atomic E-state index is 13.2. The van der Waals surface area contributed by atoms with Gasteiger partial charge < -0.3 is 21.7 Å². The third-order valence-corrected chi connectivity index (χ3v) is 7.36. The fraction of sp³-hybridized carbons (Fsp3) is 0.429. The first-order valence-electron chi connectivity index (χ1n) is 13.0. The third kappa shape index (κ3) is 6.54. The number of carbonyl (C=O) groups is 3. The van der Waals surface area contributed by atoms with E-state index >= 15 is 0 Å². The Bertz CT molecular complexity index is 1300. The van der Waals surface area contributed by atoms with E-state index in [1.807, 2.05) is 56.0 Å². The SMILES string of the molecule is CC(C)C[C@H](NC(=O)c1ccc(-c2ccc3c(cnn3C)c2)cc1)C(=O)N[C@@H](C[C@@H]1CCNC1=O)C(N)S. The predicted octanol–water partition coefficient (Wildman–Crippen LogP) is 2.61. The van der Waals surface area contributed by atoms with Crippen LogP contribution < -0.4 is 21.7 Å². The number of rotatable bonds is 10. The molecule has 0 saturated carbocycles. The van der Waals surface area contributed by atoms with Crippen LogP contribution in [0.25, 0.3) is 22.0 Å². The Hall–Kier alpha value is -3.37. The zero-order valence-corrected chi connectivity index (χ0v) is 22.9. The number of carbonyl (C=O) groups excluding carboxylic acids is 3. The van der Waals surface area contributed by atoms with Gasteiger partial charge >= 0.3 is 0 Å². The molecule has 0 spiro atoms. The standard InChI is InChI=1S/C28H36N6O3S/c1-16(2)12-23(28(37)32-22(25(29)38)14-20-10-11-30-26(20)35)33-27(36)18-6-4-17(5-7-18)19-8-9-24-21(13-19)15-31-34(24)3/h4-9,13,15-16,20,22-23,25,38H,10-12,14,29H2,1-3H3,(H,30,35)(H,32,37)(H,33,36)/t20-,22-,23-,25?/m0/s1. The molecule has 3 aromatic rings. The Morgan fingerprint density at radius 3 is 2.50 bits per heavy atom. The molecule has 2 heterocycles. The van der Waals surface area contributed by atoms with Crippen LogP contribution in [-0.4, -0.2) is 51.5 Å². The topological polar surface area (TPSA) is 131 Å². The van der Waals surface area contributed by atoms with Gasteiger partial charge in [0.15, 0.2) is 0 Å². The van der Waals surface area contributed by atoms with E-state index in [2.05, 4.69) is 39.7 Å². The van der Waals surface area contributed by atoms with Gasteiger partial charge in [-0.3, -0.25) is 19.1 Å². The van der Waals surface area contributed by atoms with Gasteiger partial charge in [-0.15, -0.1) is 0 Å². The smallest absolute Gasteiger partial charge is 0.251 e. The van der Waals surface area contributed by atoms with Crippen LogP contribution >= 0.6 is 12.6 Å². The highest BCUT2D eigenvalue weighted by atomic mass is 32.1. The van der Waals surface area contributed by atoms with Crippen molar-refractivity contribution in [3.05, 3.63) is 54.2 Å². The van der Waals surface area contributed by atoms with Crippen molar-refractivity contribution in [2.45, 2.75) is 50.6 Å². The summed E-state index contributed by atoms with van der Waals surface area (Å²) < 4.78 is 1.83. The largest absolute Gasteiger partial charge is 0.356 e. The molecule has 1 aromatic heterocycles. The number of nitrogens with zero attached hydrogens (tertiary/aromatic N) is 2. The molecule has 2 aromatic carbocycles. The van der Waals surface area contributed by atoms with Crippen LogP contribution in [0.1, 0.15) is 43.5 Å². The van der Waals surface area contributed by atoms with Crippen LogP contribution in [0, 0.1) is 11.8 Å². The number of hydrogen-bond acceptors (Lipinski definition) is 6. The van der Waals surface area contributed by atoms with Gasteiger partial charge in [0.05, 0.1) is 23.1 Å². The molecule has 1 aliphatic heterocycles. The molecule has 0 aliphatic carbocycles. The van der Waals surface area contributed by atoms with Crippen molar-refractivity contribution in [2.75, 3.05) is 6.54 Å². The molecule has 3 amide bonds. The van der Waals surface area contributed by atoms with E-state index in [9.17, 15) is 14.4 Å². The summed E-state index contributed by atoms with van der Waals surface area (Å²) in [6.45, 7) is 4.60. The quantitative estimate of drug-likeness (QED) is 0.201. The number of aromatic nitrogens is 2. The van der Waals surface area contributed by atoms with Crippen LogP contribution in [0.5, 0.6) is 0 Å². The Labute approximate surface area is 228 Å². The molecule has 1 fully saturated rings. The highest BCUT2D eigenvalue weighted by Crippen LogP contribution is 2.25. The predicted molar refractivity (Wildman–Crippen MR) is 151 cm³/mol. The molecule has 10 heteroatoms. The molecule has 1 saturated heterocycles. The molecular formula is C28H36N6O3S. The zero-order valence-electron chi connectivity index (χ0n) is 22.0. The second-order valence-corrected chi connectivity index (χ2v) is 11.0. The highest BCUT2D eigenvalue weighted by Gasteiger charge is 2.32. The van der Waals surface area contributed by atoms with Crippen LogP contribution in [0.2, 0.25) is 0 Å². The zero-order chi connectivity index (χ0) is 27.4. The number of benzene rings is 2. The maximum Gasteiger partial charge on any atom is 0.251 e. The van der Waals surface area contributed by atoms with Crippen LogP contribution in [0.15, 0.2) is 48.7 Å². The lowest BCUT2D eigenvalue weighted by atomic mass is 9.97. The van der Waals surface area contributed by atoms with E-state index in [0.29, 0.717) is 31.4 Å². The number of aryl methyl sites for hydroxylation is 1. The van der Waals surface area contributed by atoms with Crippen molar-refractivity contribution in [3.63, 3.8) is 0 Å². The van der Waals surface area contributed by atoms with Crippen LogP contribution in [0.3, 0.4) is 0 Å². The van der Waals surface area contributed by atoms with Crippen LogP contribution in [0.4, 0.5) is 0 Å². The molecule has 5 N–H and O–H groups in total. The van der Waals surface area contributed by atoms with Gasteiger partial charge in [-0.2, -0.15) is 17.7 Å². The minimum absolute atomic E-state index is 0.0333. The summed E-state index contributed by atoms with van der Waals surface area (Å²) in [5.41, 5.74) is 9.54. The maximum absolute atomic E-state index is 13.2. The summed E-state index contributed by atoms with van der Waals surface area (Å²) in [7, 11) is 1.91. The van der Waals surface area contributed by atoms with Crippen molar-refractivity contribution in [3.8, 4) is 11.1 Å². The first-order chi connectivity index (χ1) is 18.1. The normalized spacial score (nSPS) is 17.7. The van der Waals surface area contributed by atoms with Crippen molar-refractivity contribution < 1.29 is 14.4 Å². The van der Waals surface area contributed by atoms with Gasteiger partial charge in [-0.25, -0.2) is 0 Å². The monoisotopic (exact) mass is 536 g/mol. The highest BCUT2D eigenvalue weighted by molar-refractivity contribution is 7.80. The van der Waals surface area contributed by atoms with E-state index in [0.717, 1.165) is 22.0 Å². The summed E-state index contributed by atoms with van der Waals surface area (Å²) >= 11 is 4.34. The summed E-state index contributed by atoms with van der Waals surface area (Å²) in [5, 5.41) is 13.3. The molecule has 4 rings (SSSR count). The first-order valence-corrected chi connectivity index (χ1v) is 13.5. The minimum atomic E-state index is -0.748. The fourth-order valence-corrected chi connectivity index (χ4v) is 5.04. The van der Waals surface area contributed by atoms with Crippen LogP contribution in [-0.2, 0) is 16.6 Å². The second-order valence-electron chi connectivity index (χ2n) is 10.4. The fourth-order valence-electron chi connectivity index (χ4n) is 4.85. The first kappa shape index (κ1) is 27.7. The Morgan fingerprint density at radius 1 is 1.16 bits per heavy atom. The van der Waals surface area contributed by atoms with Crippen molar-refractivity contribution in [1.82, 2.24) is 25.7 Å². The number of hydrogen-bond donors (Lipinski definition) is 5. The molecule has 9 nitrogen and oxygen atoms in total. The number of fused-ring (bicyclic) bond motifs is 1. The number of thiol groups is 1. The average Bonchev–Trinajstić information content (AvgIpc) is 3.47. The van der Waals surface area contributed by atoms with E-state index < -0.39 is 17.5 Å². The summed E-state index contributed by atoms with van der Waals surface area (Å²) in [5.74, 6) is -0.744. The van der Waals surface area contributed by atoms with Gasteiger partial charge in [0.2, 0.25) is 11.8 Å². The van der Waals surface area contributed by atoms with Gasteiger partial charge in [0.25, 0.3) is 5.91 Å². The molecule has 0 radical (unpaired) electrons. The number of nitrogens with two attached hydrogens (primary N) is 1. The molecule has 1 unspecified atom stereocenters. The van der Waals surface area contributed by atoms with E-state index in [1.54, 1.807) is 12.1 Å². The van der Waals surface area contributed by atoms with Crippen molar-refractivity contribution >= 4 is 41.3 Å². The third-order valence-electron chi connectivity index (χ3n) is 7.00. The van der Waals surface area contributed by atoms with Gasteiger partial charge in [-0.05, 0) is 60.6 Å².